The zero-order valence-electron chi connectivity index (χ0n) is 15.3. The number of nitrogens with zero attached hydrogens (tertiary/aromatic N) is 3. The van der Waals surface area contributed by atoms with Gasteiger partial charge in [-0.3, -0.25) is 19.8 Å². The van der Waals surface area contributed by atoms with Crippen molar-refractivity contribution in [3.63, 3.8) is 0 Å². The molecule has 3 rings (SSSR count). The Labute approximate surface area is 162 Å². The molecule has 1 fully saturated rings. The molecule has 2 aromatic carbocycles. The van der Waals surface area contributed by atoms with Crippen molar-refractivity contribution < 1.29 is 14.1 Å². The molecular weight excluding hydrogens is 363 g/mol. The van der Waals surface area contributed by atoms with Crippen LogP contribution in [-0.2, 0) is 11.3 Å². The predicted molar refractivity (Wildman–Crippen MR) is 103 cm³/mol. The number of hydrogen-bond acceptors (Lipinski definition) is 5. The molecule has 0 bridgehead atoms. The minimum atomic E-state index is -0.414. The van der Waals surface area contributed by atoms with E-state index in [-0.39, 0.29) is 23.3 Å². The molecule has 8 heteroatoms. The van der Waals surface area contributed by atoms with Gasteiger partial charge in [0.1, 0.15) is 5.82 Å². The molecule has 0 aliphatic carbocycles. The normalized spacial score (nSPS) is 15.6. The second-order valence-electron chi connectivity index (χ2n) is 6.73. The number of hydrogen-bond donors (Lipinski definition) is 1. The molecule has 0 saturated carbocycles. The molecular formula is C20H21FN4O3. The number of non-ortho nitro benzene ring substituents is 1. The molecule has 0 atom stereocenters. The van der Waals surface area contributed by atoms with E-state index in [4.69, 9.17) is 0 Å². The van der Waals surface area contributed by atoms with Crippen LogP contribution >= 0.6 is 0 Å². The lowest BCUT2D eigenvalue weighted by molar-refractivity contribution is -0.384. The summed E-state index contributed by atoms with van der Waals surface area (Å²) in [6.07, 6.45) is 2.71. The summed E-state index contributed by atoms with van der Waals surface area (Å²) in [6.45, 7) is 2.20. The number of nitro groups is 1. The van der Waals surface area contributed by atoms with Crippen LogP contribution in [0.25, 0.3) is 0 Å². The first-order valence-corrected chi connectivity index (χ1v) is 9.06. The molecule has 1 amide bonds. The van der Waals surface area contributed by atoms with Crippen molar-refractivity contribution in [3.8, 4) is 0 Å². The lowest BCUT2D eigenvalue weighted by atomic mass is 9.96. The van der Waals surface area contributed by atoms with Gasteiger partial charge in [-0.15, -0.1) is 0 Å². The van der Waals surface area contributed by atoms with Gasteiger partial charge < -0.3 is 0 Å². The molecule has 1 aliphatic rings. The highest BCUT2D eigenvalue weighted by Gasteiger charge is 2.24. The van der Waals surface area contributed by atoms with E-state index in [0.717, 1.165) is 18.7 Å². The summed E-state index contributed by atoms with van der Waals surface area (Å²) in [4.78, 5) is 24.7. The zero-order chi connectivity index (χ0) is 19.9. The molecule has 1 saturated heterocycles. The first kappa shape index (κ1) is 19.6. The summed E-state index contributed by atoms with van der Waals surface area (Å²) in [5.74, 6) is -0.687. The Morgan fingerprint density at radius 2 is 1.89 bits per heavy atom. The number of nitrogens with one attached hydrogen (secondary N) is 1. The smallest absolute Gasteiger partial charge is 0.269 e. The molecule has 0 aromatic heterocycles. The highest BCUT2D eigenvalue weighted by atomic mass is 19.1. The number of benzene rings is 2. The van der Waals surface area contributed by atoms with Crippen molar-refractivity contribution >= 4 is 17.8 Å². The Morgan fingerprint density at radius 3 is 2.54 bits per heavy atom. The van der Waals surface area contributed by atoms with Crippen LogP contribution in [0.4, 0.5) is 10.1 Å². The maximum absolute atomic E-state index is 13.5. The van der Waals surface area contributed by atoms with Gasteiger partial charge >= 0.3 is 0 Å². The maximum atomic E-state index is 13.5. The number of carbonyl (C=O) groups is 1. The van der Waals surface area contributed by atoms with Gasteiger partial charge in [-0.2, -0.15) is 5.10 Å². The number of nitro benzene ring substituents is 1. The van der Waals surface area contributed by atoms with Crippen LogP contribution in [-0.4, -0.2) is 35.0 Å². The van der Waals surface area contributed by atoms with Gasteiger partial charge in [0.25, 0.3) is 5.69 Å². The summed E-state index contributed by atoms with van der Waals surface area (Å²) in [5, 5.41) is 14.6. The van der Waals surface area contributed by atoms with E-state index >= 15 is 0 Å². The summed E-state index contributed by atoms with van der Waals surface area (Å²) in [7, 11) is 0. The first-order chi connectivity index (χ1) is 13.5. The van der Waals surface area contributed by atoms with Crippen molar-refractivity contribution in [2.24, 2.45) is 11.0 Å². The van der Waals surface area contributed by atoms with E-state index in [2.05, 4.69) is 15.4 Å². The number of amides is 1. The fraction of sp³-hybridized carbons (Fsp3) is 0.300. The highest BCUT2D eigenvalue weighted by molar-refractivity contribution is 5.83. The van der Waals surface area contributed by atoms with Crippen LogP contribution < -0.4 is 5.43 Å². The number of piperidine rings is 1. The monoisotopic (exact) mass is 384 g/mol. The minimum absolute atomic E-state index is 0.0788. The van der Waals surface area contributed by atoms with E-state index in [0.29, 0.717) is 24.9 Å². The van der Waals surface area contributed by atoms with Crippen molar-refractivity contribution in [2.75, 3.05) is 13.1 Å². The number of rotatable bonds is 6. The summed E-state index contributed by atoms with van der Waals surface area (Å²) in [6, 6.07) is 12.7. The second-order valence-corrected chi connectivity index (χ2v) is 6.73. The van der Waals surface area contributed by atoms with Crippen molar-refractivity contribution in [1.29, 1.82) is 0 Å². The van der Waals surface area contributed by atoms with Crippen LogP contribution in [0.2, 0.25) is 0 Å². The topological polar surface area (TPSA) is 87.8 Å². The van der Waals surface area contributed by atoms with E-state index in [1.807, 2.05) is 0 Å². The Kier molecular flexibility index (Phi) is 6.44. The summed E-state index contributed by atoms with van der Waals surface area (Å²) in [5.41, 5.74) is 3.89. The van der Waals surface area contributed by atoms with Crippen LogP contribution in [0.1, 0.15) is 24.0 Å². The second kappa shape index (κ2) is 9.18. The Hall–Kier alpha value is -3.13. The molecule has 28 heavy (non-hydrogen) atoms. The molecule has 0 radical (unpaired) electrons. The Morgan fingerprint density at radius 1 is 1.21 bits per heavy atom. The number of hydrazone groups is 1. The Bertz CT molecular complexity index is 862. The molecule has 1 aliphatic heterocycles. The number of likely N-dealkylation sites (tertiary alicyclic amines) is 1. The zero-order valence-corrected chi connectivity index (χ0v) is 15.3. The third kappa shape index (κ3) is 5.20. The average Bonchev–Trinajstić information content (AvgIpc) is 2.70. The average molecular weight is 384 g/mol. The molecule has 2 aromatic rings. The number of halogens is 1. The van der Waals surface area contributed by atoms with E-state index in [1.54, 1.807) is 30.3 Å². The maximum Gasteiger partial charge on any atom is 0.269 e. The molecule has 0 unspecified atom stereocenters. The van der Waals surface area contributed by atoms with E-state index < -0.39 is 4.92 Å². The third-order valence-electron chi connectivity index (χ3n) is 4.80. The van der Waals surface area contributed by atoms with Crippen molar-refractivity contribution in [1.82, 2.24) is 10.3 Å². The van der Waals surface area contributed by atoms with Crippen LogP contribution in [0.15, 0.2) is 53.6 Å². The summed E-state index contributed by atoms with van der Waals surface area (Å²) >= 11 is 0. The van der Waals surface area contributed by atoms with Crippen molar-refractivity contribution in [3.05, 3.63) is 75.6 Å². The molecule has 1 heterocycles. The third-order valence-corrected chi connectivity index (χ3v) is 4.80. The molecule has 0 spiro atoms. The Balaban J connectivity index is 1.45. The van der Waals surface area contributed by atoms with Gasteiger partial charge in [0.05, 0.1) is 11.1 Å². The van der Waals surface area contributed by atoms with Gasteiger partial charge in [0.2, 0.25) is 5.91 Å². The van der Waals surface area contributed by atoms with Crippen molar-refractivity contribution in [2.45, 2.75) is 19.4 Å². The highest BCUT2D eigenvalue weighted by Crippen LogP contribution is 2.20. The molecule has 146 valence electrons. The standard InChI is InChI=1S/C20H21FN4O3/c21-19-4-2-1-3-17(19)13-22-23-20(26)16-9-11-24(12-10-16)14-15-5-7-18(8-6-15)25(27)28/h1-8,13,16H,9-12,14H2,(H,23,26). The van der Waals surface area contributed by atoms with Gasteiger partial charge in [0.15, 0.2) is 0 Å². The quantitative estimate of drug-likeness (QED) is 0.471. The lowest BCUT2D eigenvalue weighted by Gasteiger charge is -2.30. The van der Waals surface area contributed by atoms with Crippen LogP contribution in [0.5, 0.6) is 0 Å². The fourth-order valence-corrected chi connectivity index (χ4v) is 3.17. The predicted octanol–water partition coefficient (Wildman–Crippen LogP) is 3.10. The van der Waals surface area contributed by atoms with E-state index in [1.165, 1.54) is 24.4 Å². The van der Waals surface area contributed by atoms with Gasteiger partial charge in [-0.1, -0.05) is 30.3 Å². The van der Waals surface area contributed by atoms with E-state index in [9.17, 15) is 19.3 Å². The molecule has 1 N–H and O–H groups in total. The molecule has 7 nitrogen and oxygen atoms in total. The van der Waals surface area contributed by atoms with Gasteiger partial charge in [-0.05, 0) is 37.6 Å². The minimum Gasteiger partial charge on any atom is -0.299 e. The van der Waals surface area contributed by atoms with Gasteiger partial charge in [0, 0.05) is 30.2 Å². The first-order valence-electron chi connectivity index (χ1n) is 9.06. The summed E-state index contributed by atoms with van der Waals surface area (Å²) < 4.78 is 13.5. The van der Waals surface area contributed by atoms with Crippen LogP contribution in [0.3, 0.4) is 0 Å². The SMILES string of the molecule is O=C(NN=Cc1ccccc1F)C1CCN(Cc2ccc([N+](=O)[O-])cc2)CC1. The largest absolute Gasteiger partial charge is 0.299 e. The lowest BCUT2D eigenvalue weighted by Crippen LogP contribution is -2.39. The van der Waals surface area contributed by atoms with Crippen LogP contribution in [0, 0.1) is 21.8 Å². The fourth-order valence-electron chi connectivity index (χ4n) is 3.17. The number of carbonyl (C=O) groups excluding carboxylic acids is 1. The van der Waals surface area contributed by atoms with Gasteiger partial charge in [-0.25, -0.2) is 9.82 Å².